The molecule has 0 fully saturated rings. The Morgan fingerprint density at radius 2 is 2.00 bits per heavy atom. The second-order valence-electron chi connectivity index (χ2n) is 3.34. The summed E-state index contributed by atoms with van der Waals surface area (Å²) in [6, 6.07) is 2.03. The number of aliphatic carboxylic acids is 1. The van der Waals surface area contributed by atoms with Gasteiger partial charge in [0.1, 0.15) is 18.3 Å². The second-order valence-corrected chi connectivity index (χ2v) is 3.34. The van der Waals surface area contributed by atoms with Crippen molar-refractivity contribution in [3.8, 4) is 5.69 Å². The van der Waals surface area contributed by atoms with Gasteiger partial charge in [-0.15, -0.1) is 0 Å². The highest BCUT2D eigenvalue weighted by Gasteiger charge is 2.13. The van der Waals surface area contributed by atoms with Crippen molar-refractivity contribution in [1.82, 2.24) is 14.8 Å². The minimum absolute atomic E-state index is 0.108. The first kappa shape index (κ1) is 11.9. The van der Waals surface area contributed by atoms with E-state index < -0.39 is 17.6 Å². The summed E-state index contributed by atoms with van der Waals surface area (Å²) in [4.78, 5) is 13.9. The van der Waals surface area contributed by atoms with Crippen molar-refractivity contribution in [1.29, 1.82) is 0 Å². The number of rotatable bonds is 3. The van der Waals surface area contributed by atoms with Gasteiger partial charge >= 0.3 is 5.97 Å². The lowest BCUT2D eigenvalue weighted by Crippen LogP contribution is -2.02. The maximum atomic E-state index is 13.7. The smallest absolute Gasteiger partial charge is 0.328 e. The van der Waals surface area contributed by atoms with Gasteiger partial charge in [-0.1, -0.05) is 0 Å². The molecule has 18 heavy (non-hydrogen) atoms. The molecule has 0 aliphatic carbocycles. The lowest BCUT2D eigenvalue weighted by atomic mass is 10.1. The van der Waals surface area contributed by atoms with Crippen molar-refractivity contribution in [3.63, 3.8) is 0 Å². The number of halogens is 2. The summed E-state index contributed by atoms with van der Waals surface area (Å²) in [5.41, 5.74) is -0.253. The van der Waals surface area contributed by atoms with Crippen LogP contribution in [0.5, 0.6) is 0 Å². The Hall–Kier alpha value is -2.57. The van der Waals surface area contributed by atoms with Gasteiger partial charge in [-0.2, -0.15) is 5.10 Å². The zero-order valence-electron chi connectivity index (χ0n) is 8.92. The first-order chi connectivity index (χ1) is 8.58. The van der Waals surface area contributed by atoms with Gasteiger partial charge in [0.25, 0.3) is 0 Å². The van der Waals surface area contributed by atoms with E-state index in [4.69, 9.17) is 5.11 Å². The molecule has 0 spiro atoms. The number of carbonyl (C=O) groups is 1. The maximum Gasteiger partial charge on any atom is 0.328 e. The predicted octanol–water partition coefficient (Wildman–Crippen LogP) is 1.64. The molecule has 0 amide bonds. The fraction of sp³-hybridized carbons (Fsp3) is 0. The van der Waals surface area contributed by atoms with Crippen molar-refractivity contribution in [3.05, 3.63) is 48.1 Å². The zero-order chi connectivity index (χ0) is 13.1. The summed E-state index contributed by atoms with van der Waals surface area (Å²) in [5, 5.41) is 12.0. The van der Waals surface area contributed by atoms with Crippen LogP contribution in [0.25, 0.3) is 11.8 Å². The van der Waals surface area contributed by atoms with E-state index in [1.807, 2.05) is 0 Å². The molecule has 0 aliphatic rings. The third kappa shape index (κ3) is 2.40. The maximum absolute atomic E-state index is 13.7. The topological polar surface area (TPSA) is 68.0 Å². The largest absolute Gasteiger partial charge is 0.478 e. The van der Waals surface area contributed by atoms with E-state index in [1.165, 1.54) is 0 Å². The Morgan fingerprint density at radius 1 is 1.33 bits per heavy atom. The van der Waals surface area contributed by atoms with E-state index in [-0.39, 0.29) is 11.3 Å². The molecule has 1 aromatic heterocycles. The van der Waals surface area contributed by atoms with E-state index >= 15 is 0 Å². The molecule has 1 heterocycles. The van der Waals surface area contributed by atoms with Gasteiger partial charge in [0.2, 0.25) is 0 Å². The number of nitrogens with zero attached hydrogens (tertiary/aromatic N) is 3. The van der Waals surface area contributed by atoms with Crippen molar-refractivity contribution in [2.45, 2.75) is 0 Å². The molecule has 92 valence electrons. The van der Waals surface area contributed by atoms with Crippen molar-refractivity contribution in [2.75, 3.05) is 0 Å². The number of aromatic nitrogens is 3. The van der Waals surface area contributed by atoms with Gasteiger partial charge in [-0.25, -0.2) is 23.2 Å². The van der Waals surface area contributed by atoms with E-state index in [2.05, 4.69) is 10.1 Å². The van der Waals surface area contributed by atoms with Crippen LogP contribution in [0.4, 0.5) is 8.78 Å². The highest BCUT2D eigenvalue weighted by atomic mass is 19.1. The van der Waals surface area contributed by atoms with Crippen LogP contribution in [0.2, 0.25) is 0 Å². The van der Waals surface area contributed by atoms with Crippen molar-refractivity contribution in [2.24, 2.45) is 0 Å². The first-order valence-corrected chi connectivity index (χ1v) is 4.83. The molecule has 5 nitrogen and oxygen atoms in total. The highest BCUT2D eigenvalue weighted by Crippen LogP contribution is 2.19. The van der Waals surface area contributed by atoms with Gasteiger partial charge < -0.3 is 5.11 Å². The fourth-order valence-corrected chi connectivity index (χ4v) is 1.39. The number of hydrogen-bond acceptors (Lipinski definition) is 3. The summed E-state index contributed by atoms with van der Waals surface area (Å²) >= 11 is 0. The molecule has 2 aromatic rings. The summed E-state index contributed by atoms with van der Waals surface area (Å²) in [7, 11) is 0. The standard InChI is InChI=1S/C11H7F2N3O2/c12-8-3-7(1-2-10(17)18)4-9(13)11(8)16-6-14-5-15-16/h1-6H,(H,17,18). The minimum Gasteiger partial charge on any atom is -0.478 e. The molecule has 0 saturated carbocycles. The zero-order valence-corrected chi connectivity index (χ0v) is 8.92. The summed E-state index contributed by atoms with van der Waals surface area (Å²) in [6.45, 7) is 0. The summed E-state index contributed by atoms with van der Waals surface area (Å²) in [6.07, 6.45) is 4.20. The predicted molar refractivity (Wildman–Crippen MR) is 57.9 cm³/mol. The monoisotopic (exact) mass is 251 g/mol. The highest BCUT2D eigenvalue weighted by molar-refractivity contribution is 5.85. The Bertz CT molecular complexity index is 586. The molecular formula is C11H7F2N3O2. The van der Waals surface area contributed by atoms with E-state index in [1.54, 1.807) is 0 Å². The molecule has 1 aromatic carbocycles. The molecule has 0 aliphatic heterocycles. The fourth-order valence-electron chi connectivity index (χ4n) is 1.39. The quantitative estimate of drug-likeness (QED) is 0.842. The third-order valence-electron chi connectivity index (χ3n) is 2.11. The van der Waals surface area contributed by atoms with Crippen LogP contribution in [0.15, 0.2) is 30.9 Å². The third-order valence-corrected chi connectivity index (χ3v) is 2.11. The lowest BCUT2D eigenvalue weighted by Gasteiger charge is -2.05. The second kappa shape index (κ2) is 4.74. The summed E-state index contributed by atoms with van der Waals surface area (Å²) in [5.74, 6) is -2.91. The van der Waals surface area contributed by atoms with Crippen LogP contribution in [-0.4, -0.2) is 25.8 Å². The Balaban J connectivity index is 2.45. The van der Waals surface area contributed by atoms with E-state index in [0.717, 1.165) is 41.6 Å². The number of hydrogen-bond donors (Lipinski definition) is 1. The molecular weight excluding hydrogens is 244 g/mol. The Morgan fingerprint density at radius 3 is 2.50 bits per heavy atom. The van der Waals surface area contributed by atoms with Crippen LogP contribution in [0.3, 0.4) is 0 Å². The Kier molecular flexibility index (Phi) is 3.13. The van der Waals surface area contributed by atoms with Gasteiger partial charge in [0.15, 0.2) is 11.6 Å². The molecule has 7 heteroatoms. The minimum atomic E-state index is -1.20. The molecule has 2 rings (SSSR count). The molecule has 0 atom stereocenters. The van der Waals surface area contributed by atoms with Crippen LogP contribution in [0, 0.1) is 11.6 Å². The normalized spacial score (nSPS) is 11.0. The number of carboxylic acids is 1. The van der Waals surface area contributed by atoms with Crippen molar-refractivity contribution >= 4 is 12.0 Å². The average Bonchev–Trinajstić information content (AvgIpc) is 2.79. The lowest BCUT2D eigenvalue weighted by molar-refractivity contribution is -0.131. The van der Waals surface area contributed by atoms with Crippen LogP contribution in [-0.2, 0) is 4.79 Å². The number of carboxylic acid groups (broad SMARTS) is 1. The molecule has 0 saturated heterocycles. The molecule has 1 N–H and O–H groups in total. The molecule has 0 bridgehead atoms. The van der Waals surface area contributed by atoms with E-state index in [0.29, 0.717) is 0 Å². The van der Waals surface area contributed by atoms with Gasteiger partial charge in [0, 0.05) is 6.08 Å². The molecule has 0 radical (unpaired) electrons. The average molecular weight is 251 g/mol. The first-order valence-electron chi connectivity index (χ1n) is 4.83. The van der Waals surface area contributed by atoms with Crippen LogP contribution >= 0.6 is 0 Å². The molecule has 0 unspecified atom stereocenters. The van der Waals surface area contributed by atoms with Gasteiger partial charge in [-0.3, -0.25) is 0 Å². The van der Waals surface area contributed by atoms with E-state index in [9.17, 15) is 13.6 Å². The van der Waals surface area contributed by atoms with Crippen LogP contribution < -0.4 is 0 Å². The summed E-state index contributed by atoms with van der Waals surface area (Å²) < 4.78 is 28.3. The van der Waals surface area contributed by atoms with Crippen LogP contribution in [0.1, 0.15) is 5.56 Å². The Labute approximate surface area is 100 Å². The number of benzene rings is 1. The van der Waals surface area contributed by atoms with Gasteiger partial charge in [-0.05, 0) is 23.8 Å². The SMILES string of the molecule is O=C(O)C=Cc1cc(F)c(-n2cncn2)c(F)c1. The van der Waals surface area contributed by atoms with Gasteiger partial charge in [0.05, 0.1) is 0 Å². The van der Waals surface area contributed by atoms with Crippen molar-refractivity contribution < 1.29 is 18.7 Å².